The highest BCUT2D eigenvalue weighted by atomic mass is 79.9. The molecular formula is C25H34BrN3O6. The molecule has 192 valence electrons. The van der Waals surface area contributed by atoms with E-state index in [0.717, 1.165) is 0 Å². The van der Waals surface area contributed by atoms with Crippen molar-refractivity contribution >= 4 is 39.3 Å². The van der Waals surface area contributed by atoms with Gasteiger partial charge in [-0.15, -0.1) is 0 Å². The summed E-state index contributed by atoms with van der Waals surface area (Å²) in [6.45, 7) is 8.18. The Morgan fingerprint density at radius 1 is 1.26 bits per heavy atom. The summed E-state index contributed by atoms with van der Waals surface area (Å²) in [7, 11) is 0. The zero-order chi connectivity index (χ0) is 25.5. The van der Waals surface area contributed by atoms with Crippen LogP contribution < -0.4 is 15.4 Å². The number of aliphatic hydroxyl groups excluding tert-OH is 1. The van der Waals surface area contributed by atoms with Crippen LogP contribution in [0.2, 0.25) is 0 Å². The Balaban J connectivity index is 1.64. The fourth-order valence-corrected chi connectivity index (χ4v) is 6.62. The number of aliphatic hydroxyl groups is 1. The molecule has 3 amide bonds. The van der Waals surface area contributed by atoms with Gasteiger partial charge in [0, 0.05) is 29.2 Å². The van der Waals surface area contributed by atoms with E-state index >= 15 is 0 Å². The second kappa shape index (κ2) is 9.71. The number of rotatable bonds is 8. The van der Waals surface area contributed by atoms with Gasteiger partial charge in [-0.25, -0.2) is 0 Å². The van der Waals surface area contributed by atoms with Gasteiger partial charge in [0.2, 0.25) is 17.7 Å². The predicted octanol–water partition coefficient (Wildman–Crippen LogP) is 2.07. The summed E-state index contributed by atoms with van der Waals surface area (Å²) in [6.07, 6.45) is 0.244. The van der Waals surface area contributed by atoms with Crippen molar-refractivity contribution in [1.29, 1.82) is 0 Å². The molecular weight excluding hydrogens is 518 g/mol. The van der Waals surface area contributed by atoms with E-state index in [4.69, 9.17) is 9.47 Å². The van der Waals surface area contributed by atoms with Crippen LogP contribution in [0, 0.1) is 11.8 Å². The zero-order valence-electron chi connectivity index (χ0n) is 20.5. The molecule has 3 aliphatic heterocycles. The standard InChI is InChI=1S/C25H34BrN3O6/c1-5-34-15-9-7-14(8-10-15)27-21(31)17-18-23(33)29(11-6-12-30)20(22(32)28-24(2,3)4)25(18)13-16(26)19(17)35-25/h7-10,16-20,30H,5-6,11-13H2,1-4H3,(H,27,31)(H,28,32)/t16?,17-,18-,19-,20?,25?/m0/s1. The van der Waals surface area contributed by atoms with Crippen LogP contribution in [-0.4, -0.2) is 75.6 Å². The Kier molecular flexibility index (Phi) is 7.19. The summed E-state index contributed by atoms with van der Waals surface area (Å²) >= 11 is 3.66. The lowest BCUT2D eigenvalue weighted by molar-refractivity contribution is -0.142. The van der Waals surface area contributed by atoms with E-state index < -0.39 is 35.1 Å². The molecule has 3 fully saturated rings. The van der Waals surface area contributed by atoms with Crippen molar-refractivity contribution in [2.45, 2.75) is 68.6 Å². The summed E-state index contributed by atoms with van der Waals surface area (Å²) in [5, 5.41) is 15.3. The van der Waals surface area contributed by atoms with E-state index in [0.29, 0.717) is 30.9 Å². The van der Waals surface area contributed by atoms with Crippen molar-refractivity contribution in [2.24, 2.45) is 11.8 Å². The lowest BCUT2D eigenvalue weighted by Crippen LogP contribution is -2.58. The number of likely N-dealkylation sites (tertiary alicyclic amines) is 1. The number of anilines is 1. The third-order valence-corrected chi connectivity index (χ3v) is 7.67. The smallest absolute Gasteiger partial charge is 0.246 e. The largest absolute Gasteiger partial charge is 0.494 e. The molecule has 1 aromatic carbocycles. The molecule has 3 aliphatic rings. The molecule has 4 rings (SSSR count). The minimum atomic E-state index is -1.11. The van der Waals surface area contributed by atoms with Crippen molar-refractivity contribution in [3.63, 3.8) is 0 Å². The first-order chi connectivity index (χ1) is 16.5. The summed E-state index contributed by atoms with van der Waals surface area (Å²) in [4.78, 5) is 42.1. The SMILES string of the molecule is CCOc1ccc(NC(=O)[C@H]2[C@H]3C(=O)N(CCCO)C(C(=O)NC(C)(C)C)C34CC(Br)[C@@H]2O4)cc1. The molecule has 0 saturated carbocycles. The number of carbonyl (C=O) groups is 3. The van der Waals surface area contributed by atoms with Gasteiger partial charge in [-0.1, -0.05) is 15.9 Å². The average Bonchev–Trinajstić information content (AvgIpc) is 3.36. The highest BCUT2D eigenvalue weighted by Crippen LogP contribution is 2.60. The van der Waals surface area contributed by atoms with Gasteiger partial charge in [-0.05, 0) is 64.8 Å². The third kappa shape index (κ3) is 4.68. The van der Waals surface area contributed by atoms with Crippen molar-refractivity contribution in [1.82, 2.24) is 10.2 Å². The maximum absolute atomic E-state index is 13.7. The molecule has 3 heterocycles. The number of nitrogens with one attached hydrogen (secondary N) is 2. The van der Waals surface area contributed by atoms with E-state index in [1.165, 1.54) is 4.90 Å². The number of amides is 3. The average molecular weight is 552 g/mol. The highest BCUT2D eigenvalue weighted by molar-refractivity contribution is 9.09. The van der Waals surface area contributed by atoms with E-state index in [9.17, 15) is 19.5 Å². The minimum absolute atomic E-state index is 0.110. The Morgan fingerprint density at radius 3 is 2.54 bits per heavy atom. The maximum atomic E-state index is 13.7. The van der Waals surface area contributed by atoms with Crippen molar-refractivity contribution in [3.8, 4) is 5.75 Å². The van der Waals surface area contributed by atoms with E-state index in [1.54, 1.807) is 24.3 Å². The van der Waals surface area contributed by atoms with Gasteiger partial charge in [0.25, 0.3) is 0 Å². The molecule has 2 bridgehead atoms. The van der Waals surface area contributed by atoms with Gasteiger partial charge in [0.1, 0.15) is 17.4 Å². The van der Waals surface area contributed by atoms with Crippen molar-refractivity contribution in [3.05, 3.63) is 24.3 Å². The minimum Gasteiger partial charge on any atom is -0.494 e. The van der Waals surface area contributed by atoms with Crippen LogP contribution >= 0.6 is 15.9 Å². The topological polar surface area (TPSA) is 117 Å². The van der Waals surface area contributed by atoms with Crippen LogP contribution in [0.4, 0.5) is 5.69 Å². The first-order valence-corrected chi connectivity index (χ1v) is 13.0. The molecule has 9 nitrogen and oxygen atoms in total. The second-order valence-corrected chi connectivity index (χ2v) is 11.6. The number of benzene rings is 1. The molecule has 0 radical (unpaired) electrons. The molecule has 0 aliphatic carbocycles. The Hall–Kier alpha value is -2.17. The van der Waals surface area contributed by atoms with Gasteiger partial charge in [0.05, 0.1) is 24.5 Å². The number of hydrogen-bond acceptors (Lipinski definition) is 6. The number of nitrogens with zero attached hydrogens (tertiary/aromatic N) is 1. The zero-order valence-corrected chi connectivity index (χ0v) is 22.1. The fourth-order valence-electron chi connectivity index (χ4n) is 5.68. The number of carbonyl (C=O) groups excluding carboxylic acids is 3. The second-order valence-electron chi connectivity index (χ2n) is 10.5. The molecule has 6 atom stereocenters. The summed E-state index contributed by atoms with van der Waals surface area (Å²) < 4.78 is 11.9. The first kappa shape index (κ1) is 25.9. The van der Waals surface area contributed by atoms with Crippen LogP contribution in [0.15, 0.2) is 24.3 Å². The summed E-state index contributed by atoms with van der Waals surface area (Å²) in [5.74, 6) is -1.73. The van der Waals surface area contributed by atoms with Crippen LogP contribution in [0.25, 0.3) is 0 Å². The molecule has 10 heteroatoms. The molecule has 1 spiro atoms. The molecule has 1 aromatic rings. The number of ether oxygens (including phenoxy) is 2. The number of fused-ring (bicyclic) bond motifs is 1. The monoisotopic (exact) mass is 551 g/mol. The maximum Gasteiger partial charge on any atom is 0.246 e. The van der Waals surface area contributed by atoms with E-state index in [2.05, 4.69) is 26.6 Å². The van der Waals surface area contributed by atoms with Crippen LogP contribution in [0.1, 0.15) is 40.5 Å². The Labute approximate surface area is 214 Å². The van der Waals surface area contributed by atoms with Gasteiger partial charge in [0.15, 0.2) is 0 Å². The van der Waals surface area contributed by atoms with Gasteiger partial charge in [-0.3, -0.25) is 14.4 Å². The highest BCUT2D eigenvalue weighted by Gasteiger charge is 2.76. The van der Waals surface area contributed by atoms with Crippen LogP contribution in [0.3, 0.4) is 0 Å². The van der Waals surface area contributed by atoms with Crippen LogP contribution in [-0.2, 0) is 19.1 Å². The van der Waals surface area contributed by atoms with Gasteiger partial charge >= 0.3 is 0 Å². The molecule has 0 aromatic heterocycles. The summed E-state index contributed by atoms with van der Waals surface area (Å²) in [6, 6.07) is 6.17. The van der Waals surface area contributed by atoms with E-state index in [-0.39, 0.29) is 35.7 Å². The molecule has 3 saturated heterocycles. The fraction of sp³-hybridized carbons (Fsp3) is 0.640. The number of hydrogen-bond donors (Lipinski definition) is 3. The normalized spacial score (nSPS) is 31.4. The van der Waals surface area contributed by atoms with Crippen molar-refractivity contribution < 1.29 is 29.0 Å². The predicted molar refractivity (Wildman–Crippen MR) is 133 cm³/mol. The van der Waals surface area contributed by atoms with E-state index in [1.807, 2.05) is 27.7 Å². The molecule has 3 unspecified atom stereocenters. The van der Waals surface area contributed by atoms with Gasteiger partial charge < -0.3 is 30.1 Å². The van der Waals surface area contributed by atoms with Crippen LogP contribution in [0.5, 0.6) is 5.75 Å². The number of alkyl halides is 1. The third-order valence-electron chi connectivity index (χ3n) is 6.83. The lowest BCUT2D eigenvalue weighted by atomic mass is 9.70. The Bertz CT molecular complexity index is 980. The quantitative estimate of drug-likeness (QED) is 0.426. The van der Waals surface area contributed by atoms with Crippen molar-refractivity contribution in [2.75, 3.05) is 25.1 Å². The number of halogens is 1. The molecule has 3 N–H and O–H groups in total. The summed E-state index contributed by atoms with van der Waals surface area (Å²) in [5.41, 5.74) is -1.03. The van der Waals surface area contributed by atoms with Gasteiger partial charge in [-0.2, -0.15) is 0 Å². The molecule has 35 heavy (non-hydrogen) atoms. The first-order valence-electron chi connectivity index (χ1n) is 12.1. The Morgan fingerprint density at radius 2 is 1.94 bits per heavy atom. The lowest BCUT2D eigenvalue weighted by Gasteiger charge is -2.35.